The van der Waals surface area contributed by atoms with Gasteiger partial charge in [-0.2, -0.15) is 0 Å². The van der Waals surface area contributed by atoms with Crippen LogP contribution in [0.1, 0.15) is 28.2 Å². The van der Waals surface area contributed by atoms with E-state index in [0.717, 1.165) is 4.88 Å². The monoisotopic (exact) mass is 322 g/mol. The molecule has 6 heteroatoms. The molecule has 0 aliphatic carbocycles. The molecule has 1 aromatic carbocycles. The lowest BCUT2D eigenvalue weighted by atomic mass is 10.2. The number of carbonyl (C=O) groups excluding carboxylic acids is 2. The smallest absolute Gasteiger partial charge is 0.253 e. The second-order valence-electron chi connectivity index (χ2n) is 4.47. The van der Waals surface area contributed by atoms with Crippen molar-refractivity contribution in [3.63, 3.8) is 0 Å². The van der Waals surface area contributed by atoms with Crippen molar-refractivity contribution in [2.75, 3.05) is 6.54 Å². The Morgan fingerprint density at radius 3 is 2.67 bits per heavy atom. The van der Waals surface area contributed by atoms with E-state index in [2.05, 4.69) is 10.6 Å². The molecule has 2 N–H and O–H groups in total. The SMILES string of the molecule is CC(NC(=O)CNC(=O)c1ccccc1Cl)c1cccs1. The van der Waals surface area contributed by atoms with Gasteiger partial charge in [-0.25, -0.2) is 0 Å². The van der Waals surface area contributed by atoms with Crippen LogP contribution in [0.2, 0.25) is 5.02 Å². The summed E-state index contributed by atoms with van der Waals surface area (Å²) in [6.45, 7) is 1.82. The van der Waals surface area contributed by atoms with E-state index in [0.29, 0.717) is 10.6 Å². The zero-order valence-corrected chi connectivity index (χ0v) is 13.0. The predicted octanol–water partition coefficient (Wildman–Crippen LogP) is 3.01. The lowest BCUT2D eigenvalue weighted by Gasteiger charge is -2.12. The first-order chi connectivity index (χ1) is 10.1. The van der Waals surface area contributed by atoms with Gasteiger partial charge in [0.25, 0.3) is 5.91 Å². The maximum Gasteiger partial charge on any atom is 0.253 e. The molecular weight excluding hydrogens is 308 g/mol. The van der Waals surface area contributed by atoms with Crippen molar-refractivity contribution in [1.82, 2.24) is 10.6 Å². The fourth-order valence-electron chi connectivity index (χ4n) is 1.80. The van der Waals surface area contributed by atoms with Gasteiger partial charge in [0.05, 0.1) is 23.2 Å². The van der Waals surface area contributed by atoms with Gasteiger partial charge < -0.3 is 10.6 Å². The first-order valence-corrected chi connectivity index (χ1v) is 7.69. The molecule has 4 nitrogen and oxygen atoms in total. The second kappa shape index (κ2) is 7.24. The molecule has 110 valence electrons. The largest absolute Gasteiger partial charge is 0.347 e. The van der Waals surface area contributed by atoms with E-state index in [4.69, 9.17) is 11.6 Å². The molecule has 0 radical (unpaired) electrons. The summed E-state index contributed by atoms with van der Waals surface area (Å²) in [6.07, 6.45) is 0. The van der Waals surface area contributed by atoms with Crippen molar-refractivity contribution >= 4 is 34.8 Å². The second-order valence-corrected chi connectivity index (χ2v) is 5.85. The predicted molar refractivity (Wildman–Crippen MR) is 84.7 cm³/mol. The van der Waals surface area contributed by atoms with Gasteiger partial charge in [-0.15, -0.1) is 11.3 Å². The third kappa shape index (κ3) is 4.31. The summed E-state index contributed by atoms with van der Waals surface area (Å²) < 4.78 is 0. The third-order valence-electron chi connectivity index (χ3n) is 2.88. The highest BCUT2D eigenvalue weighted by Gasteiger charge is 2.13. The molecule has 0 bridgehead atoms. The van der Waals surface area contributed by atoms with Gasteiger partial charge in [-0.3, -0.25) is 9.59 Å². The van der Waals surface area contributed by atoms with Gasteiger partial charge in [0.15, 0.2) is 0 Å². The third-order valence-corrected chi connectivity index (χ3v) is 4.26. The highest BCUT2D eigenvalue weighted by atomic mass is 35.5. The number of nitrogens with one attached hydrogen (secondary N) is 2. The summed E-state index contributed by atoms with van der Waals surface area (Å²) in [5.41, 5.74) is 0.360. The summed E-state index contributed by atoms with van der Waals surface area (Å²) in [6, 6.07) is 10.5. The molecule has 2 amide bonds. The summed E-state index contributed by atoms with van der Waals surface area (Å²) in [7, 11) is 0. The molecule has 0 saturated heterocycles. The Labute approximate surface area is 132 Å². The first-order valence-electron chi connectivity index (χ1n) is 6.43. The van der Waals surface area contributed by atoms with Gasteiger partial charge in [0.2, 0.25) is 5.91 Å². The van der Waals surface area contributed by atoms with Crippen LogP contribution in [0.4, 0.5) is 0 Å². The number of rotatable bonds is 5. The molecule has 0 aliphatic heterocycles. The molecule has 21 heavy (non-hydrogen) atoms. The number of hydrogen-bond donors (Lipinski definition) is 2. The molecule has 0 aliphatic rings. The van der Waals surface area contributed by atoms with Gasteiger partial charge >= 0.3 is 0 Å². The van der Waals surface area contributed by atoms with Crippen LogP contribution < -0.4 is 10.6 Å². The van der Waals surface area contributed by atoms with E-state index in [-0.39, 0.29) is 24.4 Å². The zero-order chi connectivity index (χ0) is 15.2. The Morgan fingerprint density at radius 1 is 1.24 bits per heavy atom. The number of thiophene rings is 1. The van der Waals surface area contributed by atoms with Crippen molar-refractivity contribution in [3.8, 4) is 0 Å². The van der Waals surface area contributed by atoms with Crippen LogP contribution >= 0.6 is 22.9 Å². The normalized spacial score (nSPS) is 11.7. The Kier molecular flexibility index (Phi) is 5.36. The van der Waals surface area contributed by atoms with Crippen LogP contribution in [0.25, 0.3) is 0 Å². The van der Waals surface area contributed by atoms with Crippen molar-refractivity contribution in [2.24, 2.45) is 0 Å². The van der Waals surface area contributed by atoms with E-state index in [9.17, 15) is 9.59 Å². The summed E-state index contributed by atoms with van der Waals surface area (Å²) in [4.78, 5) is 24.8. The van der Waals surface area contributed by atoms with Gasteiger partial charge in [0.1, 0.15) is 0 Å². The minimum Gasteiger partial charge on any atom is -0.347 e. The number of benzene rings is 1. The van der Waals surface area contributed by atoms with Crippen LogP contribution in [-0.4, -0.2) is 18.4 Å². The molecule has 0 saturated carbocycles. The molecule has 2 aromatic rings. The van der Waals surface area contributed by atoms with Crippen LogP contribution in [0.5, 0.6) is 0 Å². The van der Waals surface area contributed by atoms with E-state index >= 15 is 0 Å². The Morgan fingerprint density at radius 2 is 2.00 bits per heavy atom. The van der Waals surface area contributed by atoms with Gasteiger partial charge in [-0.05, 0) is 30.5 Å². The summed E-state index contributed by atoms with van der Waals surface area (Å²) >= 11 is 7.50. The highest BCUT2D eigenvalue weighted by Crippen LogP contribution is 2.17. The molecule has 1 aromatic heterocycles. The lowest BCUT2D eigenvalue weighted by molar-refractivity contribution is -0.120. The topological polar surface area (TPSA) is 58.2 Å². The highest BCUT2D eigenvalue weighted by molar-refractivity contribution is 7.10. The Balaban J connectivity index is 1.84. The van der Waals surface area contributed by atoms with Crippen molar-refractivity contribution in [1.29, 1.82) is 0 Å². The molecule has 1 heterocycles. The molecular formula is C15H15ClN2O2S. The molecule has 1 unspecified atom stereocenters. The minimum atomic E-state index is -0.362. The molecule has 1 atom stereocenters. The lowest BCUT2D eigenvalue weighted by Crippen LogP contribution is -2.37. The fraction of sp³-hybridized carbons (Fsp3) is 0.200. The quantitative estimate of drug-likeness (QED) is 0.889. The molecule has 0 fully saturated rings. The van der Waals surface area contributed by atoms with Crippen LogP contribution in [-0.2, 0) is 4.79 Å². The number of halogens is 1. The van der Waals surface area contributed by atoms with E-state index < -0.39 is 0 Å². The Hall–Kier alpha value is -1.85. The molecule has 2 rings (SSSR count). The maximum absolute atomic E-state index is 11.9. The summed E-state index contributed by atoms with van der Waals surface area (Å²) in [5.74, 6) is -0.601. The average Bonchev–Trinajstić information content (AvgIpc) is 2.99. The van der Waals surface area contributed by atoms with Crippen molar-refractivity contribution < 1.29 is 9.59 Å². The molecule has 0 spiro atoms. The number of carbonyl (C=O) groups is 2. The summed E-state index contributed by atoms with van der Waals surface area (Å²) in [5, 5.41) is 7.70. The van der Waals surface area contributed by atoms with Crippen molar-refractivity contribution in [2.45, 2.75) is 13.0 Å². The number of amides is 2. The number of hydrogen-bond acceptors (Lipinski definition) is 3. The Bertz CT molecular complexity index is 628. The van der Waals surface area contributed by atoms with Gasteiger partial charge in [-0.1, -0.05) is 29.8 Å². The first kappa shape index (κ1) is 15.5. The van der Waals surface area contributed by atoms with Crippen LogP contribution in [0.3, 0.4) is 0 Å². The van der Waals surface area contributed by atoms with Crippen LogP contribution in [0.15, 0.2) is 41.8 Å². The standard InChI is InChI=1S/C15H15ClN2O2S/c1-10(13-7-4-8-21-13)18-14(19)9-17-15(20)11-5-2-3-6-12(11)16/h2-8,10H,9H2,1H3,(H,17,20)(H,18,19). The fourth-order valence-corrected chi connectivity index (χ4v) is 2.76. The van der Waals surface area contributed by atoms with E-state index in [1.54, 1.807) is 35.6 Å². The average molecular weight is 323 g/mol. The maximum atomic E-state index is 11.9. The minimum absolute atomic E-state index is 0.0743. The van der Waals surface area contributed by atoms with Crippen molar-refractivity contribution in [3.05, 3.63) is 57.2 Å². The van der Waals surface area contributed by atoms with Gasteiger partial charge in [0, 0.05) is 4.88 Å². The van der Waals surface area contributed by atoms with E-state index in [1.807, 2.05) is 24.4 Å². The van der Waals surface area contributed by atoms with Crippen LogP contribution in [0, 0.1) is 0 Å². The van der Waals surface area contributed by atoms with E-state index in [1.165, 1.54) is 0 Å². The zero-order valence-electron chi connectivity index (χ0n) is 11.4.